The van der Waals surface area contributed by atoms with E-state index in [0.717, 1.165) is 34.1 Å². The van der Waals surface area contributed by atoms with Crippen LogP contribution in [0.5, 0.6) is 0 Å². The number of unbranched alkanes of at least 4 members (excludes halogenated alkanes) is 1. The van der Waals surface area contributed by atoms with Gasteiger partial charge in [-0.2, -0.15) is 0 Å². The normalized spacial score (nSPS) is 10.1. The lowest BCUT2D eigenvalue weighted by molar-refractivity contribution is 0.759. The molecule has 0 spiro atoms. The van der Waals surface area contributed by atoms with Crippen LogP contribution in [0.1, 0.15) is 30.9 Å². The van der Waals surface area contributed by atoms with E-state index in [4.69, 9.17) is 23.8 Å². The first-order valence-corrected chi connectivity index (χ1v) is 5.98. The molecule has 0 unspecified atom stereocenters. The molecule has 1 aromatic carbocycles. The number of aryl methyl sites for hydroxylation is 1. The molecule has 3 heteroatoms. The topological polar surface area (TPSA) is 12.0 Å². The number of thiocarbonyl (C=S) groups is 1. The van der Waals surface area contributed by atoms with Crippen molar-refractivity contribution >= 4 is 28.8 Å². The molecule has 0 amide bonds. The van der Waals surface area contributed by atoms with E-state index in [1.807, 2.05) is 25.1 Å². The smallest absolute Gasteiger partial charge is 0.106 e. The molecule has 0 radical (unpaired) electrons. The number of rotatable bonds is 4. The van der Waals surface area contributed by atoms with Crippen molar-refractivity contribution in [2.45, 2.75) is 26.7 Å². The van der Waals surface area contributed by atoms with Crippen LogP contribution in [0.3, 0.4) is 0 Å². The van der Waals surface area contributed by atoms with Crippen molar-refractivity contribution in [1.82, 2.24) is 5.32 Å². The second-order valence-corrected chi connectivity index (χ2v) is 4.41. The minimum absolute atomic E-state index is 0.732. The van der Waals surface area contributed by atoms with Crippen LogP contribution in [-0.2, 0) is 0 Å². The monoisotopic (exact) mass is 241 g/mol. The van der Waals surface area contributed by atoms with Gasteiger partial charge in [0.25, 0.3) is 0 Å². The Morgan fingerprint density at radius 2 is 2.20 bits per heavy atom. The van der Waals surface area contributed by atoms with Crippen molar-refractivity contribution in [1.29, 1.82) is 0 Å². The van der Waals surface area contributed by atoms with Crippen LogP contribution < -0.4 is 5.32 Å². The van der Waals surface area contributed by atoms with E-state index in [1.165, 1.54) is 6.42 Å². The SMILES string of the molecule is CCCCNC(=S)c1cc(Cl)ccc1C. The number of benzene rings is 1. The Labute approximate surface area is 102 Å². The van der Waals surface area contributed by atoms with Gasteiger partial charge in [-0.1, -0.05) is 43.2 Å². The number of nitrogens with one attached hydrogen (secondary N) is 1. The summed E-state index contributed by atoms with van der Waals surface area (Å²) in [7, 11) is 0. The maximum absolute atomic E-state index is 5.93. The highest BCUT2D eigenvalue weighted by atomic mass is 35.5. The van der Waals surface area contributed by atoms with Gasteiger partial charge >= 0.3 is 0 Å². The molecule has 0 heterocycles. The predicted octanol–water partition coefficient (Wildman–Crippen LogP) is 3.71. The molecule has 82 valence electrons. The van der Waals surface area contributed by atoms with Crippen LogP contribution in [-0.4, -0.2) is 11.5 Å². The maximum Gasteiger partial charge on any atom is 0.106 e. The zero-order valence-electron chi connectivity index (χ0n) is 9.14. The Hall–Kier alpha value is -0.600. The molecule has 0 saturated carbocycles. The molecule has 0 atom stereocenters. The Balaban J connectivity index is 2.68. The van der Waals surface area contributed by atoms with Gasteiger partial charge in [-0.25, -0.2) is 0 Å². The molecule has 1 nitrogen and oxygen atoms in total. The lowest BCUT2D eigenvalue weighted by Crippen LogP contribution is -2.24. The molecule has 1 rings (SSSR count). The summed E-state index contributed by atoms with van der Waals surface area (Å²) in [5.41, 5.74) is 2.20. The largest absolute Gasteiger partial charge is 0.376 e. The predicted molar refractivity (Wildman–Crippen MR) is 70.8 cm³/mol. The standard InChI is InChI=1S/C12H16ClNS/c1-3-4-7-14-12(15)11-8-10(13)6-5-9(11)2/h5-6,8H,3-4,7H2,1-2H3,(H,14,15). The van der Waals surface area contributed by atoms with Gasteiger partial charge in [0.15, 0.2) is 0 Å². The molecule has 0 aliphatic heterocycles. The summed E-state index contributed by atoms with van der Waals surface area (Å²) >= 11 is 11.2. The average Bonchev–Trinajstić information content (AvgIpc) is 2.22. The number of hydrogen-bond donors (Lipinski definition) is 1. The molecule has 15 heavy (non-hydrogen) atoms. The fourth-order valence-corrected chi connectivity index (χ4v) is 1.81. The van der Waals surface area contributed by atoms with Gasteiger partial charge in [-0.3, -0.25) is 0 Å². The van der Waals surface area contributed by atoms with Crippen molar-refractivity contribution in [3.05, 3.63) is 34.3 Å². The molecule has 1 aromatic rings. The van der Waals surface area contributed by atoms with Crippen molar-refractivity contribution in [2.24, 2.45) is 0 Å². The third-order valence-corrected chi connectivity index (χ3v) is 2.86. The third kappa shape index (κ3) is 3.80. The maximum atomic E-state index is 5.93. The van der Waals surface area contributed by atoms with Crippen molar-refractivity contribution in [2.75, 3.05) is 6.54 Å². The quantitative estimate of drug-likeness (QED) is 0.637. The summed E-state index contributed by atoms with van der Waals surface area (Å²) in [5.74, 6) is 0. The van der Waals surface area contributed by atoms with Gasteiger partial charge in [0.05, 0.1) is 0 Å². The van der Waals surface area contributed by atoms with Gasteiger partial charge < -0.3 is 5.32 Å². The molecule has 0 saturated heterocycles. The first kappa shape index (κ1) is 12.5. The van der Waals surface area contributed by atoms with Gasteiger partial charge in [-0.05, 0) is 31.0 Å². The summed E-state index contributed by atoms with van der Waals surface area (Å²) in [6.45, 7) is 5.14. The Bertz CT molecular complexity index is 349. The summed E-state index contributed by atoms with van der Waals surface area (Å²) < 4.78 is 0. The molecule has 0 aliphatic carbocycles. The van der Waals surface area contributed by atoms with Crippen LogP contribution in [0.2, 0.25) is 5.02 Å². The van der Waals surface area contributed by atoms with E-state index in [2.05, 4.69) is 12.2 Å². The van der Waals surface area contributed by atoms with E-state index in [-0.39, 0.29) is 0 Å². The highest BCUT2D eigenvalue weighted by molar-refractivity contribution is 7.80. The van der Waals surface area contributed by atoms with Gasteiger partial charge in [-0.15, -0.1) is 0 Å². The zero-order valence-corrected chi connectivity index (χ0v) is 10.7. The lowest BCUT2D eigenvalue weighted by atomic mass is 10.1. The van der Waals surface area contributed by atoms with Gasteiger partial charge in [0, 0.05) is 17.1 Å². The Morgan fingerprint density at radius 3 is 2.87 bits per heavy atom. The third-order valence-electron chi connectivity index (χ3n) is 2.26. The molecular formula is C12H16ClNS. The van der Waals surface area contributed by atoms with E-state index < -0.39 is 0 Å². The second kappa shape index (κ2) is 6.09. The molecule has 1 N–H and O–H groups in total. The fourth-order valence-electron chi connectivity index (χ4n) is 1.31. The fraction of sp³-hybridized carbons (Fsp3) is 0.417. The average molecular weight is 242 g/mol. The first-order chi connectivity index (χ1) is 7.15. The molecule has 0 aromatic heterocycles. The Morgan fingerprint density at radius 1 is 1.47 bits per heavy atom. The number of hydrogen-bond acceptors (Lipinski definition) is 1. The second-order valence-electron chi connectivity index (χ2n) is 3.57. The van der Waals surface area contributed by atoms with Gasteiger partial charge in [0.2, 0.25) is 0 Å². The Kier molecular flexibility index (Phi) is 5.06. The van der Waals surface area contributed by atoms with E-state index in [1.54, 1.807) is 0 Å². The van der Waals surface area contributed by atoms with Crippen molar-refractivity contribution < 1.29 is 0 Å². The molecule has 0 bridgehead atoms. The summed E-state index contributed by atoms with van der Waals surface area (Å²) in [5, 5.41) is 3.97. The van der Waals surface area contributed by atoms with Crippen LogP contribution in [0.15, 0.2) is 18.2 Å². The van der Waals surface area contributed by atoms with Crippen LogP contribution in [0, 0.1) is 6.92 Å². The highest BCUT2D eigenvalue weighted by Gasteiger charge is 2.04. The van der Waals surface area contributed by atoms with E-state index in [9.17, 15) is 0 Å². The van der Waals surface area contributed by atoms with Crippen molar-refractivity contribution in [3.63, 3.8) is 0 Å². The van der Waals surface area contributed by atoms with E-state index in [0.29, 0.717) is 0 Å². The molecule has 0 fully saturated rings. The summed E-state index contributed by atoms with van der Waals surface area (Å²) in [6, 6.07) is 5.79. The molecular weight excluding hydrogens is 226 g/mol. The minimum Gasteiger partial charge on any atom is -0.376 e. The van der Waals surface area contributed by atoms with Gasteiger partial charge in [0.1, 0.15) is 4.99 Å². The van der Waals surface area contributed by atoms with E-state index >= 15 is 0 Å². The van der Waals surface area contributed by atoms with Crippen molar-refractivity contribution in [3.8, 4) is 0 Å². The van der Waals surface area contributed by atoms with Crippen LogP contribution in [0.25, 0.3) is 0 Å². The molecule has 0 aliphatic rings. The zero-order chi connectivity index (χ0) is 11.3. The number of halogens is 1. The highest BCUT2D eigenvalue weighted by Crippen LogP contribution is 2.15. The van der Waals surface area contributed by atoms with Crippen LogP contribution >= 0.6 is 23.8 Å². The summed E-state index contributed by atoms with van der Waals surface area (Å²) in [4.78, 5) is 0.795. The minimum atomic E-state index is 0.732. The lowest BCUT2D eigenvalue weighted by Gasteiger charge is -2.10. The van der Waals surface area contributed by atoms with Crippen LogP contribution in [0.4, 0.5) is 0 Å². The summed E-state index contributed by atoms with van der Waals surface area (Å²) in [6.07, 6.45) is 2.31. The first-order valence-electron chi connectivity index (χ1n) is 5.19.